The van der Waals surface area contributed by atoms with Crippen LogP contribution in [0, 0.1) is 0 Å². The summed E-state index contributed by atoms with van der Waals surface area (Å²) in [6, 6.07) is 0.678. The van der Waals surface area contributed by atoms with Crippen molar-refractivity contribution in [1.29, 1.82) is 0 Å². The minimum Gasteiger partial charge on any atom is -0.411 e. The van der Waals surface area contributed by atoms with Crippen molar-refractivity contribution in [3.63, 3.8) is 0 Å². The minimum atomic E-state index is 0.179. The van der Waals surface area contributed by atoms with Crippen LogP contribution in [0.1, 0.15) is 32.1 Å². The lowest BCUT2D eigenvalue weighted by molar-refractivity contribution is -0.0896. The Kier molecular flexibility index (Phi) is 3.82. The Labute approximate surface area is 113 Å². The SMILES string of the molecule is ON=C1CCN(C2CCOC3(CCSC3)C2)CC1. The van der Waals surface area contributed by atoms with Gasteiger partial charge in [0.2, 0.25) is 0 Å². The standard InChI is InChI=1S/C13H22N2O2S/c16-14-11-1-5-15(6-2-11)12-3-7-17-13(9-12)4-8-18-10-13/h12,16H,1-10H2. The van der Waals surface area contributed by atoms with Gasteiger partial charge >= 0.3 is 0 Å². The van der Waals surface area contributed by atoms with Crippen molar-refractivity contribution in [2.75, 3.05) is 31.2 Å². The first-order valence-electron chi connectivity index (χ1n) is 6.97. The van der Waals surface area contributed by atoms with Crippen molar-refractivity contribution < 1.29 is 9.94 Å². The lowest BCUT2D eigenvalue weighted by Crippen LogP contribution is -2.51. The molecule has 1 spiro atoms. The lowest BCUT2D eigenvalue weighted by Gasteiger charge is -2.43. The van der Waals surface area contributed by atoms with Crippen LogP contribution < -0.4 is 0 Å². The van der Waals surface area contributed by atoms with E-state index >= 15 is 0 Å². The first-order chi connectivity index (χ1) is 8.81. The molecule has 0 amide bonds. The molecule has 3 fully saturated rings. The largest absolute Gasteiger partial charge is 0.411 e. The van der Waals surface area contributed by atoms with Gasteiger partial charge in [0.15, 0.2) is 0 Å². The van der Waals surface area contributed by atoms with Crippen LogP contribution in [0.4, 0.5) is 0 Å². The van der Waals surface area contributed by atoms with Gasteiger partial charge < -0.3 is 9.94 Å². The van der Waals surface area contributed by atoms with Crippen LogP contribution in [0.25, 0.3) is 0 Å². The number of hydrogen-bond acceptors (Lipinski definition) is 5. The highest BCUT2D eigenvalue weighted by molar-refractivity contribution is 7.99. The van der Waals surface area contributed by atoms with Crippen molar-refractivity contribution in [2.45, 2.75) is 43.7 Å². The van der Waals surface area contributed by atoms with Crippen molar-refractivity contribution in [1.82, 2.24) is 4.90 Å². The molecule has 3 saturated heterocycles. The second kappa shape index (κ2) is 5.39. The molecule has 1 N–H and O–H groups in total. The summed E-state index contributed by atoms with van der Waals surface area (Å²) in [5, 5.41) is 12.2. The van der Waals surface area contributed by atoms with Crippen LogP contribution in [-0.4, -0.2) is 58.7 Å². The Morgan fingerprint density at radius 2 is 2.22 bits per heavy atom. The van der Waals surface area contributed by atoms with Gasteiger partial charge in [-0.2, -0.15) is 11.8 Å². The second-order valence-electron chi connectivity index (χ2n) is 5.68. The van der Waals surface area contributed by atoms with Crippen molar-refractivity contribution in [2.24, 2.45) is 5.16 Å². The second-order valence-corrected chi connectivity index (χ2v) is 6.79. The van der Waals surface area contributed by atoms with Crippen LogP contribution in [0.15, 0.2) is 5.16 Å². The van der Waals surface area contributed by atoms with Crippen molar-refractivity contribution in [3.8, 4) is 0 Å². The number of likely N-dealkylation sites (tertiary alicyclic amines) is 1. The van der Waals surface area contributed by atoms with Gasteiger partial charge in [-0.15, -0.1) is 0 Å². The fourth-order valence-electron chi connectivity index (χ4n) is 3.42. The summed E-state index contributed by atoms with van der Waals surface area (Å²) in [5.41, 5.74) is 1.14. The molecule has 3 aliphatic rings. The van der Waals surface area contributed by atoms with Gasteiger partial charge in [0.1, 0.15) is 0 Å². The zero-order chi connectivity index (χ0) is 12.4. The third-order valence-electron chi connectivity index (χ3n) is 4.57. The average Bonchev–Trinajstić information content (AvgIpc) is 2.87. The number of piperidine rings is 1. The fraction of sp³-hybridized carbons (Fsp3) is 0.923. The molecule has 18 heavy (non-hydrogen) atoms. The zero-order valence-electron chi connectivity index (χ0n) is 10.8. The number of ether oxygens (including phenoxy) is 1. The van der Waals surface area contributed by atoms with E-state index in [2.05, 4.69) is 10.1 Å². The number of rotatable bonds is 1. The predicted molar refractivity (Wildman–Crippen MR) is 73.7 cm³/mol. The molecule has 5 heteroatoms. The van der Waals surface area contributed by atoms with E-state index in [0.29, 0.717) is 6.04 Å². The molecule has 0 aromatic heterocycles. The van der Waals surface area contributed by atoms with E-state index in [1.165, 1.54) is 24.3 Å². The molecule has 4 nitrogen and oxygen atoms in total. The zero-order valence-corrected chi connectivity index (χ0v) is 11.6. The third-order valence-corrected chi connectivity index (χ3v) is 5.79. The lowest BCUT2D eigenvalue weighted by atomic mass is 9.88. The molecule has 3 aliphatic heterocycles. The summed E-state index contributed by atoms with van der Waals surface area (Å²) in [7, 11) is 0. The molecule has 0 radical (unpaired) electrons. The monoisotopic (exact) mass is 270 g/mol. The highest BCUT2D eigenvalue weighted by atomic mass is 32.2. The summed E-state index contributed by atoms with van der Waals surface area (Å²) in [4.78, 5) is 2.59. The molecule has 0 bridgehead atoms. The van der Waals surface area contributed by atoms with E-state index in [4.69, 9.17) is 9.94 Å². The maximum absolute atomic E-state index is 8.80. The van der Waals surface area contributed by atoms with Crippen molar-refractivity contribution >= 4 is 17.5 Å². The predicted octanol–water partition coefficient (Wildman–Crippen LogP) is 1.97. The molecular weight excluding hydrogens is 248 g/mol. The van der Waals surface area contributed by atoms with E-state index in [9.17, 15) is 0 Å². The Balaban J connectivity index is 1.59. The summed E-state index contributed by atoms with van der Waals surface area (Å²) < 4.78 is 6.08. The van der Waals surface area contributed by atoms with E-state index in [1.54, 1.807) is 0 Å². The van der Waals surface area contributed by atoms with Gasteiger partial charge in [-0.1, -0.05) is 5.16 Å². The summed E-state index contributed by atoms with van der Waals surface area (Å²) in [6.07, 6.45) is 5.44. The molecule has 0 aliphatic carbocycles. The Morgan fingerprint density at radius 3 is 2.89 bits per heavy atom. The van der Waals surface area contributed by atoms with Crippen LogP contribution in [0.5, 0.6) is 0 Å². The number of nitrogens with zero attached hydrogens (tertiary/aromatic N) is 2. The maximum Gasteiger partial charge on any atom is 0.0795 e. The molecule has 0 saturated carbocycles. The first-order valence-corrected chi connectivity index (χ1v) is 8.12. The quantitative estimate of drug-likeness (QED) is 0.584. The van der Waals surface area contributed by atoms with Crippen LogP contribution in [-0.2, 0) is 4.74 Å². The molecule has 102 valence electrons. The number of hydrogen-bond donors (Lipinski definition) is 1. The molecule has 3 rings (SSSR count). The molecule has 0 aromatic rings. The van der Waals surface area contributed by atoms with Gasteiger partial charge in [0.05, 0.1) is 11.3 Å². The molecule has 2 atom stereocenters. The maximum atomic E-state index is 8.80. The van der Waals surface area contributed by atoms with Crippen LogP contribution in [0.3, 0.4) is 0 Å². The van der Waals surface area contributed by atoms with Gasteiger partial charge in [0, 0.05) is 44.3 Å². The van der Waals surface area contributed by atoms with E-state index in [-0.39, 0.29) is 5.60 Å². The summed E-state index contributed by atoms with van der Waals surface area (Å²) >= 11 is 2.04. The highest BCUT2D eigenvalue weighted by Gasteiger charge is 2.42. The summed E-state index contributed by atoms with van der Waals surface area (Å²) in [5.74, 6) is 2.44. The normalized spacial score (nSPS) is 38.2. The van der Waals surface area contributed by atoms with E-state index in [0.717, 1.165) is 44.7 Å². The minimum absolute atomic E-state index is 0.179. The average molecular weight is 270 g/mol. The highest BCUT2D eigenvalue weighted by Crippen LogP contribution is 2.39. The smallest absolute Gasteiger partial charge is 0.0795 e. The number of thioether (sulfide) groups is 1. The van der Waals surface area contributed by atoms with Gasteiger partial charge in [-0.05, 0) is 25.0 Å². The van der Waals surface area contributed by atoms with Gasteiger partial charge in [-0.25, -0.2) is 0 Å². The summed E-state index contributed by atoms with van der Waals surface area (Å²) in [6.45, 7) is 3.02. The number of oxime groups is 1. The Bertz CT molecular complexity index is 319. The third kappa shape index (κ3) is 2.53. The molecular formula is C13H22N2O2S. The molecule has 0 aromatic carbocycles. The van der Waals surface area contributed by atoms with E-state index in [1.807, 2.05) is 11.8 Å². The molecule has 3 heterocycles. The van der Waals surface area contributed by atoms with Crippen molar-refractivity contribution in [3.05, 3.63) is 0 Å². The van der Waals surface area contributed by atoms with E-state index < -0.39 is 0 Å². The van der Waals surface area contributed by atoms with Gasteiger partial charge in [-0.3, -0.25) is 4.90 Å². The molecule has 2 unspecified atom stereocenters. The topological polar surface area (TPSA) is 45.1 Å². The van der Waals surface area contributed by atoms with Crippen LogP contribution in [0.2, 0.25) is 0 Å². The Morgan fingerprint density at radius 1 is 1.39 bits per heavy atom. The van der Waals surface area contributed by atoms with Gasteiger partial charge in [0.25, 0.3) is 0 Å². The Hall–Kier alpha value is -0.260. The van der Waals surface area contributed by atoms with Crippen LogP contribution >= 0.6 is 11.8 Å². The first kappa shape index (κ1) is 12.8. The fourth-order valence-corrected chi connectivity index (χ4v) is 4.80.